The number of halogens is 4. The first-order valence-corrected chi connectivity index (χ1v) is 11.8. The number of aryl methyl sites for hydroxylation is 3. The molecule has 35 heavy (non-hydrogen) atoms. The number of alkyl halides is 3. The maximum absolute atomic E-state index is 14.7. The summed E-state index contributed by atoms with van der Waals surface area (Å²) in [6, 6.07) is 6.70. The van der Waals surface area contributed by atoms with Gasteiger partial charge in [-0.2, -0.15) is 13.2 Å². The third-order valence-corrected chi connectivity index (χ3v) is 6.09. The number of nitrogens with zero attached hydrogens (tertiary/aromatic N) is 1. The zero-order chi connectivity index (χ0) is 26.1. The van der Waals surface area contributed by atoms with Crippen molar-refractivity contribution in [2.45, 2.75) is 79.6 Å². The van der Waals surface area contributed by atoms with Crippen LogP contribution in [0.2, 0.25) is 0 Å². The van der Waals surface area contributed by atoms with E-state index in [1.54, 1.807) is 0 Å². The largest absolute Gasteiger partial charge is 0.478 e. The molecule has 192 valence electrons. The van der Waals surface area contributed by atoms with Gasteiger partial charge in [-0.15, -0.1) is 0 Å². The van der Waals surface area contributed by atoms with Crippen LogP contribution in [0, 0.1) is 25.1 Å². The number of carbonyl (C=O) groups is 1. The second-order valence-corrected chi connectivity index (χ2v) is 10.6. The fourth-order valence-corrected chi connectivity index (χ4v) is 4.32. The normalized spacial score (nSPS) is 15.3. The molecule has 3 rings (SSSR count). The highest BCUT2D eigenvalue weighted by Crippen LogP contribution is 2.34. The first-order valence-electron chi connectivity index (χ1n) is 11.8. The molecule has 0 radical (unpaired) electrons. The Balaban J connectivity index is 1.82. The molecule has 4 nitrogen and oxygen atoms in total. The van der Waals surface area contributed by atoms with Crippen molar-refractivity contribution in [3.05, 3.63) is 52.3 Å². The fraction of sp³-hybridized carbons (Fsp3) is 0.519. The van der Waals surface area contributed by atoms with Gasteiger partial charge in [-0.3, -0.25) is 4.79 Å². The number of hydrogen-bond acceptors (Lipinski definition) is 3. The van der Waals surface area contributed by atoms with E-state index in [1.807, 2.05) is 46.8 Å². The molecule has 0 unspecified atom stereocenters. The van der Waals surface area contributed by atoms with Gasteiger partial charge in [-0.05, 0) is 85.5 Å². The molecule has 1 aliphatic heterocycles. The summed E-state index contributed by atoms with van der Waals surface area (Å²) in [7, 11) is 0. The minimum Gasteiger partial charge on any atom is -0.478 e. The number of anilines is 2. The Kier molecular flexibility index (Phi) is 7.72. The van der Waals surface area contributed by atoms with Gasteiger partial charge in [0.1, 0.15) is 0 Å². The van der Waals surface area contributed by atoms with E-state index in [9.17, 15) is 22.4 Å². The molecular formula is C27H34F4N2O2. The summed E-state index contributed by atoms with van der Waals surface area (Å²) in [5.74, 6) is -1.21. The molecule has 1 amide bonds. The molecule has 0 fully saturated rings. The van der Waals surface area contributed by atoms with E-state index in [0.717, 1.165) is 47.0 Å². The topological polar surface area (TPSA) is 41.6 Å². The van der Waals surface area contributed by atoms with Crippen molar-refractivity contribution in [2.75, 3.05) is 16.8 Å². The van der Waals surface area contributed by atoms with E-state index < -0.39 is 18.1 Å². The monoisotopic (exact) mass is 494 g/mol. The van der Waals surface area contributed by atoms with Gasteiger partial charge in [0.2, 0.25) is 5.91 Å². The highest BCUT2D eigenvalue weighted by Gasteiger charge is 2.38. The zero-order valence-electron chi connectivity index (χ0n) is 21.2. The van der Waals surface area contributed by atoms with Crippen LogP contribution < -0.4 is 15.0 Å². The average Bonchev–Trinajstić information content (AvgIpc) is 2.90. The van der Waals surface area contributed by atoms with E-state index in [2.05, 4.69) is 10.2 Å². The van der Waals surface area contributed by atoms with Crippen LogP contribution in [0.15, 0.2) is 24.3 Å². The Morgan fingerprint density at radius 3 is 2.29 bits per heavy atom. The highest BCUT2D eigenvalue weighted by atomic mass is 19.4. The predicted molar refractivity (Wildman–Crippen MR) is 131 cm³/mol. The van der Waals surface area contributed by atoms with Crippen LogP contribution >= 0.6 is 0 Å². The van der Waals surface area contributed by atoms with Crippen LogP contribution in [0.25, 0.3) is 0 Å². The van der Waals surface area contributed by atoms with Crippen molar-refractivity contribution in [3.8, 4) is 5.75 Å². The molecular weight excluding hydrogens is 460 g/mol. The molecule has 0 saturated heterocycles. The molecule has 2 aromatic rings. The standard InChI is InChI=1S/C27H34F4N2O2/c1-16-10-21(11-17(2)25(16)32-24(34)14-26(4,5)6)33-9-7-8-19-13-23(22(28)12-20(19)15-33)35-18(3)27(29,30)31/h10-13,18H,7-9,14-15H2,1-6H3,(H,32,34)/t18-/m1/s1. The molecule has 1 atom stereocenters. The summed E-state index contributed by atoms with van der Waals surface area (Å²) < 4.78 is 58.1. The van der Waals surface area contributed by atoms with Crippen molar-refractivity contribution in [2.24, 2.45) is 5.41 Å². The van der Waals surface area contributed by atoms with E-state index >= 15 is 0 Å². The van der Waals surface area contributed by atoms with Crippen LogP contribution in [0.4, 0.5) is 28.9 Å². The first kappa shape index (κ1) is 26.8. The smallest absolute Gasteiger partial charge is 0.425 e. The van der Waals surface area contributed by atoms with Gasteiger partial charge < -0.3 is 15.0 Å². The summed E-state index contributed by atoms with van der Waals surface area (Å²) >= 11 is 0. The van der Waals surface area contributed by atoms with Crippen LogP contribution in [0.1, 0.15) is 62.8 Å². The lowest BCUT2D eigenvalue weighted by molar-refractivity contribution is -0.189. The Hall–Kier alpha value is -2.77. The van der Waals surface area contributed by atoms with Crippen LogP contribution in [0.3, 0.4) is 0 Å². The van der Waals surface area contributed by atoms with Gasteiger partial charge in [0.15, 0.2) is 17.7 Å². The first-order chi connectivity index (χ1) is 16.1. The number of rotatable bonds is 5. The Morgan fingerprint density at radius 1 is 1.09 bits per heavy atom. The summed E-state index contributed by atoms with van der Waals surface area (Å²) in [5, 5.41) is 3.03. The molecule has 0 spiro atoms. The number of carbonyl (C=O) groups excluding carboxylic acids is 1. The number of benzene rings is 2. The maximum atomic E-state index is 14.7. The van der Waals surface area contributed by atoms with Crippen molar-refractivity contribution in [3.63, 3.8) is 0 Å². The van der Waals surface area contributed by atoms with Gasteiger partial charge in [0.25, 0.3) is 0 Å². The van der Waals surface area contributed by atoms with Gasteiger partial charge in [-0.1, -0.05) is 20.8 Å². The lowest BCUT2D eigenvalue weighted by Gasteiger charge is -2.26. The molecule has 0 bridgehead atoms. The number of fused-ring (bicyclic) bond motifs is 1. The van der Waals surface area contributed by atoms with E-state index in [4.69, 9.17) is 4.74 Å². The number of ether oxygens (including phenoxy) is 1. The summed E-state index contributed by atoms with van der Waals surface area (Å²) in [4.78, 5) is 14.6. The van der Waals surface area contributed by atoms with E-state index in [0.29, 0.717) is 25.9 Å². The Morgan fingerprint density at radius 2 is 1.71 bits per heavy atom. The van der Waals surface area contributed by atoms with Crippen molar-refractivity contribution in [1.82, 2.24) is 0 Å². The quantitative estimate of drug-likeness (QED) is 0.451. The summed E-state index contributed by atoms with van der Waals surface area (Å²) in [6.07, 6.45) is -4.87. The number of hydrogen-bond donors (Lipinski definition) is 1. The fourth-order valence-electron chi connectivity index (χ4n) is 4.32. The van der Waals surface area contributed by atoms with E-state index in [1.165, 1.54) is 12.1 Å². The molecule has 0 aromatic heterocycles. The lowest BCUT2D eigenvalue weighted by atomic mass is 9.92. The molecule has 1 aliphatic rings. The van der Waals surface area contributed by atoms with Crippen molar-refractivity contribution < 1.29 is 27.1 Å². The molecule has 2 aromatic carbocycles. The zero-order valence-corrected chi connectivity index (χ0v) is 21.2. The predicted octanol–water partition coefficient (Wildman–Crippen LogP) is 7.10. The second-order valence-electron chi connectivity index (χ2n) is 10.6. The van der Waals surface area contributed by atoms with Gasteiger partial charge in [0, 0.05) is 30.9 Å². The highest BCUT2D eigenvalue weighted by molar-refractivity contribution is 5.93. The van der Waals surface area contributed by atoms with Crippen LogP contribution in [-0.4, -0.2) is 24.7 Å². The van der Waals surface area contributed by atoms with Gasteiger partial charge in [-0.25, -0.2) is 4.39 Å². The van der Waals surface area contributed by atoms with E-state index in [-0.39, 0.29) is 17.1 Å². The summed E-state index contributed by atoms with van der Waals surface area (Å²) in [6.45, 7) is 11.9. The van der Waals surface area contributed by atoms with Crippen LogP contribution in [-0.2, 0) is 17.8 Å². The maximum Gasteiger partial charge on any atom is 0.425 e. The molecule has 1 heterocycles. The summed E-state index contributed by atoms with van der Waals surface area (Å²) in [5.41, 5.74) is 5.02. The Labute approximate surface area is 204 Å². The molecule has 0 aliphatic carbocycles. The van der Waals surface area contributed by atoms with Gasteiger partial charge in [0.05, 0.1) is 0 Å². The third kappa shape index (κ3) is 6.89. The minimum absolute atomic E-state index is 0.0338. The number of nitrogens with one attached hydrogen (secondary N) is 1. The van der Waals surface area contributed by atoms with Crippen molar-refractivity contribution >= 4 is 17.3 Å². The van der Waals surface area contributed by atoms with Gasteiger partial charge >= 0.3 is 6.18 Å². The van der Waals surface area contributed by atoms with Crippen molar-refractivity contribution in [1.29, 1.82) is 0 Å². The molecule has 0 saturated carbocycles. The van der Waals surface area contributed by atoms with Crippen LogP contribution in [0.5, 0.6) is 5.75 Å². The molecule has 8 heteroatoms. The molecule has 1 N–H and O–H groups in total. The minimum atomic E-state index is -4.57. The Bertz CT molecular complexity index is 1070. The average molecular weight is 495 g/mol. The second kappa shape index (κ2) is 10.1. The third-order valence-electron chi connectivity index (χ3n) is 6.09. The lowest BCUT2D eigenvalue weighted by Crippen LogP contribution is -2.31. The SMILES string of the molecule is Cc1cc(N2CCCc3cc(O[C@H](C)C(F)(F)F)c(F)cc3C2)cc(C)c1NC(=O)CC(C)(C)C. The number of amides is 1.